The maximum absolute atomic E-state index is 10.7. The first kappa shape index (κ1) is 27.8. The van der Waals surface area contributed by atoms with E-state index in [1.54, 1.807) is 0 Å². The van der Waals surface area contributed by atoms with E-state index in [4.69, 9.17) is 19.6 Å². The lowest BCUT2D eigenvalue weighted by Gasteiger charge is -2.42. The second-order valence-corrected chi connectivity index (χ2v) is 7.81. The number of phosphoric ester groups is 1. The molecule has 7 N–H and O–H groups in total. The van der Waals surface area contributed by atoms with Crippen molar-refractivity contribution in [2.45, 2.75) is 76.8 Å². The van der Waals surface area contributed by atoms with Gasteiger partial charge in [-0.25, -0.2) is 4.57 Å². The number of aliphatic hydroxyl groups excluding tert-OH is 5. The zero-order valence-electron chi connectivity index (χ0n) is 16.8. The van der Waals surface area contributed by atoms with Crippen LogP contribution in [-0.4, -0.2) is 109 Å². The minimum absolute atomic E-state index is 0.204. The van der Waals surface area contributed by atoms with Gasteiger partial charge in [0, 0.05) is 6.42 Å². The normalized spacial score (nSPS) is 30.5. The van der Waals surface area contributed by atoms with Gasteiger partial charge in [-0.1, -0.05) is 20.8 Å². The maximum atomic E-state index is 10.7. The van der Waals surface area contributed by atoms with Gasteiger partial charge in [-0.3, -0.25) is 4.52 Å². The predicted octanol–water partition coefficient (Wildman–Crippen LogP) is -1.57. The van der Waals surface area contributed by atoms with Crippen LogP contribution in [0.1, 0.15) is 34.1 Å². The van der Waals surface area contributed by atoms with Gasteiger partial charge in [0.25, 0.3) is 0 Å². The van der Waals surface area contributed by atoms with Gasteiger partial charge in [-0.05, 0) is 26.6 Å². The quantitative estimate of drug-likeness (QED) is 0.209. The zero-order valence-corrected chi connectivity index (χ0v) is 17.7. The van der Waals surface area contributed by atoms with Gasteiger partial charge in [0.2, 0.25) is 0 Å². The van der Waals surface area contributed by atoms with Crippen molar-refractivity contribution < 1.29 is 49.1 Å². The van der Waals surface area contributed by atoms with E-state index in [1.807, 2.05) is 0 Å². The Morgan fingerprint density at radius 2 is 1.54 bits per heavy atom. The molecule has 1 aliphatic heterocycles. The molecule has 0 aromatic heterocycles. The van der Waals surface area contributed by atoms with Gasteiger partial charge >= 0.3 is 7.82 Å². The van der Waals surface area contributed by atoms with Crippen molar-refractivity contribution in [3.05, 3.63) is 0 Å². The number of hydrogen-bond donors (Lipinski definition) is 7. The highest BCUT2D eigenvalue weighted by Crippen LogP contribution is 2.39. The minimum Gasteiger partial charge on any atom is -0.394 e. The van der Waals surface area contributed by atoms with Crippen molar-refractivity contribution in [2.24, 2.45) is 0 Å². The third kappa shape index (κ3) is 9.55. The molecule has 28 heavy (non-hydrogen) atoms. The van der Waals surface area contributed by atoms with Gasteiger partial charge < -0.3 is 45.0 Å². The standard InChI is InChI=1S/C10H21O10P.C6H15N/c1-4(20-21(16,17)18)2-6-7(13)8(14)9(15)10(19-6)5(12)3-11;1-4-7(5-2)6-3/h4-15H,2-3H2,1H3,(H2,16,17,18);4-6H2,1-3H3/t4-,5+,6?,7-,8-,9+,10-;/m1./s1. The molecule has 1 unspecified atom stereocenters. The number of hydrogen-bond acceptors (Lipinski definition) is 9. The summed E-state index contributed by atoms with van der Waals surface area (Å²) in [5.41, 5.74) is 0. The number of phosphoric acid groups is 1. The summed E-state index contributed by atoms with van der Waals surface area (Å²) in [6.45, 7) is 10.7. The zero-order chi connectivity index (χ0) is 22.1. The molecule has 11 nitrogen and oxygen atoms in total. The second kappa shape index (κ2) is 13.2. The van der Waals surface area contributed by atoms with Crippen LogP contribution < -0.4 is 0 Å². The molecule has 0 aromatic rings. The van der Waals surface area contributed by atoms with Crippen LogP contribution in [0, 0.1) is 0 Å². The summed E-state index contributed by atoms with van der Waals surface area (Å²) in [4.78, 5) is 19.7. The molecule has 0 aliphatic carbocycles. The Hall–Kier alpha value is -0.170. The topological polar surface area (TPSA) is 180 Å². The van der Waals surface area contributed by atoms with Gasteiger partial charge in [-0.2, -0.15) is 0 Å². The number of aliphatic hydroxyl groups is 5. The molecule has 7 atom stereocenters. The minimum atomic E-state index is -4.72. The van der Waals surface area contributed by atoms with Crippen molar-refractivity contribution in [2.75, 3.05) is 26.2 Å². The molecule has 1 aliphatic rings. The first-order valence-corrected chi connectivity index (χ1v) is 10.9. The number of ether oxygens (including phenoxy) is 1. The third-order valence-electron chi connectivity index (χ3n) is 4.54. The van der Waals surface area contributed by atoms with Crippen LogP contribution in [0.25, 0.3) is 0 Å². The molecule has 1 fully saturated rings. The maximum Gasteiger partial charge on any atom is 0.469 e. The Balaban J connectivity index is 0.000000887. The summed E-state index contributed by atoms with van der Waals surface area (Å²) in [5.74, 6) is 0. The summed E-state index contributed by atoms with van der Waals surface area (Å²) < 4.78 is 20.3. The summed E-state index contributed by atoms with van der Waals surface area (Å²) in [6, 6.07) is 0. The highest BCUT2D eigenvalue weighted by Gasteiger charge is 2.46. The van der Waals surface area contributed by atoms with Crippen LogP contribution in [0.3, 0.4) is 0 Å². The Kier molecular flexibility index (Phi) is 13.1. The van der Waals surface area contributed by atoms with Gasteiger partial charge in [0.05, 0.1) is 18.8 Å². The van der Waals surface area contributed by atoms with Crippen molar-refractivity contribution in [1.82, 2.24) is 4.90 Å². The monoisotopic (exact) mass is 433 g/mol. The summed E-state index contributed by atoms with van der Waals surface area (Å²) in [6.07, 6.45) is -9.98. The fourth-order valence-electron chi connectivity index (χ4n) is 2.87. The lowest BCUT2D eigenvalue weighted by Crippen LogP contribution is -2.61. The molecule has 170 valence electrons. The molecule has 0 saturated carbocycles. The second-order valence-electron chi connectivity index (χ2n) is 6.62. The van der Waals surface area contributed by atoms with E-state index in [1.165, 1.54) is 26.6 Å². The van der Waals surface area contributed by atoms with Crippen molar-refractivity contribution in [3.63, 3.8) is 0 Å². The molecule has 0 amide bonds. The molecular weight excluding hydrogens is 397 g/mol. The molecular formula is C16H36NO10P. The lowest BCUT2D eigenvalue weighted by molar-refractivity contribution is -0.249. The Bertz CT molecular complexity index is 455. The predicted molar refractivity (Wildman–Crippen MR) is 100 cm³/mol. The SMILES string of the molecule is CCN(CC)CC.C[C@H](CC1O[C@H]([C@@H](O)CO)[C@@H](O)[C@H](O)[C@@H]1O)OP(=O)(O)O. The van der Waals surface area contributed by atoms with E-state index in [2.05, 4.69) is 30.2 Å². The van der Waals surface area contributed by atoms with E-state index in [0.29, 0.717) is 0 Å². The molecule has 12 heteroatoms. The average molecular weight is 433 g/mol. The fourth-order valence-corrected chi connectivity index (χ4v) is 3.43. The van der Waals surface area contributed by atoms with Crippen LogP contribution in [0.15, 0.2) is 0 Å². The molecule has 0 bridgehead atoms. The number of nitrogens with zero attached hydrogens (tertiary/aromatic N) is 1. The van der Waals surface area contributed by atoms with Crippen LogP contribution in [0.5, 0.6) is 0 Å². The Labute approximate surface area is 165 Å². The van der Waals surface area contributed by atoms with E-state index in [-0.39, 0.29) is 6.42 Å². The molecule has 1 heterocycles. The summed E-state index contributed by atoms with van der Waals surface area (Å²) in [7, 11) is -4.72. The van der Waals surface area contributed by atoms with Gasteiger partial charge in [-0.15, -0.1) is 0 Å². The molecule has 1 rings (SSSR count). The molecule has 0 aromatic carbocycles. The number of rotatable bonds is 9. The molecule has 0 spiro atoms. The van der Waals surface area contributed by atoms with Crippen LogP contribution >= 0.6 is 7.82 Å². The van der Waals surface area contributed by atoms with E-state index in [9.17, 15) is 25.0 Å². The van der Waals surface area contributed by atoms with E-state index >= 15 is 0 Å². The van der Waals surface area contributed by atoms with Gasteiger partial charge in [0.15, 0.2) is 0 Å². The highest BCUT2D eigenvalue weighted by atomic mass is 31.2. The summed E-state index contributed by atoms with van der Waals surface area (Å²) >= 11 is 0. The van der Waals surface area contributed by atoms with Crippen molar-refractivity contribution >= 4 is 7.82 Å². The lowest BCUT2D eigenvalue weighted by atomic mass is 9.90. The van der Waals surface area contributed by atoms with Crippen molar-refractivity contribution in [1.29, 1.82) is 0 Å². The largest absolute Gasteiger partial charge is 0.469 e. The third-order valence-corrected chi connectivity index (χ3v) is 5.17. The van der Waals surface area contributed by atoms with Crippen LogP contribution in [0.2, 0.25) is 0 Å². The van der Waals surface area contributed by atoms with Gasteiger partial charge in [0.1, 0.15) is 30.5 Å². The van der Waals surface area contributed by atoms with E-state index < -0.39 is 57.2 Å². The summed E-state index contributed by atoms with van der Waals surface area (Å²) in [5, 5.41) is 47.6. The van der Waals surface area contributed by atoms with Crippen molar-refractivity contribution in [3.8, 4) is 0 Å². The fraction of sp³-hybridized carbons (Fsp3) is 1.00. The smallest absolute Gasteiger partial charge is 0.394 e. The first-order chi connectivity index (χ1) is 12.9. The average Bonchev–Trinajstić information content (AvgIpc) is 2.62. The Morgan fingerprint density at radius 1 is 1.04 bits per heavy atom. The van der Waals surface area contributed by atoms with Crippen LogP contribution in [-0.2, 0) is 13.8 Å². The van der Waals surface area contributed by atoms with E-state index in [0.717, 1.165) is 0 Å². The first-order valence-electron chi connectivity index (χ1n) is 9.36. The Morgan fingerprint density at radius 3 is 1.89 bits per heavy atom. The van der Waals surface area contributed by atoms with Crippen LogP contribution in [0.4, 0.5) is 0 Å². The molecule has 0 radical (unpaired) electrons. The highest BCUT2D eigenvalue weighted by molar-refractivity contribution is 7.46. The molecule has 1 saturated heterocycles.